The fourth-order valence-corrected chi connectivity index (χ4v) is 3.67. The predicted molar refractivity (Wildman–Crippen MR) is 106 cm³/mol. The molecule has 2 rings (SSSR count). The van der Waals surface area contributed by atoms with Gasteiger partial charge in [-0.25, -0.2) is 0 Å². The summed E-state index contributed by atoms with van der Waals surface area (Å²) in [6.07, 6.45) is 9.95. The van der Waals surface area contributed by atoms with Gasteiger partial charge in [0, 0.05) is 24.6 Å². The van der Waals surface area contributed by atoms with E-state index in [0.29, 0.717) is 0 Å². The number of Topliss-reactive ketones (excluding diaryl/α,β-unsaturated/α-hetero) is 1. The fraction of sp³-hybridized carbons (Fsp3) is 0.682. The average molecular weight is 345 g/mol. The number of hydrogen-bond acceptors (Lipinski definition) is 3. The van der Waals surface area contributed by atoms with Gasteiger partial charge in [-0.2, -0.15) is 0 Å². The number of unbranched alkanes of at least 4 members (excludes halogenated alkanes) is 5. The summed E-state index contributed by atoms with van der Waals surface area (Å²) in [5.74, 6) is 0.337. The second-order valence-corrected chi connectivity index (χ2v) is 7.75. The molecule has 1 aromatic carbocycles. The minimum absolute atomic E-state index is 0.0742. The molecule has 0 saturated heterocycles. The van der Waals surface area contributed by atoms with Crippen LogP contribution in [0.25, 0.3) is 0 Å². The number of nitrogens with two attached hydrogens (primary N) is 1. The van der Waals surface area contributed by atoms with Crippen molar-refractivity contribution in [3.63, 3.8) is 0 Å². The molecular weight excluding hydrogens is 308 g/mol. The van der Waals surface area contributed by atoms with Crippen LogP contribution in [-0.4, -0.2) is 36.9 Å². The Balaban J connectivity index is 1.77. The molecule has 1 aliphatic rings. The summed E-state index contributed by atoms with van der Waals surface area (Å²) in [6, 6.07) is 6.36. The smallest absolute Gasteiger partial charge is 0.165 e. The van der Waals surface area contributed by atoms with Crippen LogP contribution >= 0.6 is 0 Å². The zero-order chi connectivity index (χ0) is 18.1. The Kier molecular flexibility index (Phi) is 8.63. The number of hydrogen-bond donors (Lipinski definition) is 1. The Bertz CT molecular complexity index is 539. The number of benzene rings is 1. The molecule has 0 radical (unpaired) electrons. The van der Waals surface area contributed by atoms with Crippen LogP contribution in [0.5, 0.6) is 0 Å². The Labute approximate surface area is 154 Å². The number of carbonyl (C=O) groups excluding carboxylic acids is 1. The zero-order valence-corrected chi connectivity index (χ0v) is 16.2. The molecule has 2 N–H and O–H groups in total. The van der Waals surface area contributed by atoms with E-state index < -0.39 is 0 Å². The van der Waals surface area contributed by atoms with Crippen LogP contribution in [-0.2, 0) is 12.8 Å². The van der Waals surface area contributed by atoms with Gasteiger partial charge < -0.3 is 10.6 Å². The van der Waals surface area contributed by atoms with Crippen molar-refractivity contribution in [3.8, 4) is 0 Å². The van der Waals surface area contributed by atoms with E-state index in [1.807, 2.05) is 19.9 Å². The SMILES string of the molecule is CC(C)C(=O)c1ccc2c(c1)CCN(CCCCCCCCN)CC2. The topological polar surface area (TPSA) is 46.3 Å². The highest BCUT2D eigenvalue weighted by atomic mass is 16.1. The lowest BCUT2D eigenvalue weighted by atomic mass is 9.95. The molecule has 0 atom stereocenters. The summed E-state index contributed by atoms with van der Waals surface area (Å²) in [5, 5.41) is 0. The molecule has 0 aliphatic carbocycles. The molecule has 1 aromatic rings. The van der Waals surface area contributed by atoms with Crippen LogP contribution in [0.2, 0.25) is 0 Å². The summed E-state index contributed by atoms with van der Waals surface area (Å²) in [6.45, 7) is 8.27. The lowest BCUT2D eigenvalue weighted by Gasteiger charge is -2.19. The molecule has 1 aliphatic heterocycles. The van der Waals surface area contributed by atoms with Crippen molar-refractivity contribution in [1.82, 2.24) is 4.90 Å². The summed E-state index contributed by atoms with van der Waals surface area (Å²) in [7, 11) is 0. The normalized spacial score (nSPS) is 15.2. The van der Waals surface area contributed by atoms with Gasteiger partial charge in [-0.05, 0) is 56.0 Å². The van der Waals surface area contributed by atoms with E-state index >= 15 is 0 Å². The van der Waals surface area contributed by atoms with E-state index in [4.69, 9.17) is 5.73 Å². The van der Waals surface area contributed by atoms with E-state index in [1.54, 1.807) is 0 Å². The second-order valence-electron chi connectivity index (χ2n) is 7.75. The first-order chi connectivity index (χ1) is 12.1. The van der Waals surface area contributed by atoms with Gasteiger partial charge in [0.15, 0.2) is 5.78 Å². The van der Waals surface area contributed by atoms with Crippen LogP contribution in [0.15, 0.2) is 18.2 Å². The maximum Gasteiger partial charge on any atom is 0.165 e. The van der Waals surface area contributed by atoms with Gasteiger partial charge in [0.05, 0.1) is 0 Å². The highest BCUT2D eigenvalue weighted by Gasteiger charge is 2.17. The third kappa shape index (κ3) is 6.56. The molecule has 3 heteroatoms. The third-order valence-corrected chi connectivity index (χ3v) is 5.34. The molecule has 25 heavy (non-hydrogen) atoms. The van der Waals surface area contributed by atoms with Crippen LogP contribution < -0.4 is 5.73 Å². The molecule has 0 bridgehead atoms. The van der Waals surface area contributed by atoms with Crippen LogP contribution in [0.3, 0.4) is 0 Å². The Hall–Kier alpha value is -1.19. The predicted octanol–water partition coefficient (Wildman–Crippen LogP) is 4.23. The number of carbonyl (C=O) groups is 1. The summed E-state index contributed by atoms with van der Waals surface area (Å²) < 4.78 is 0. The molecule has 1 heterocycles. The van der Waals surface area contributed by atoms with Gasteiger partial charge in [-0.1, -0.05) is 51.7 Å². The standard InChI is InChI=1S/C22H36N2O/c1-18(2)22(25)21-10-9-19-11-15-24(16-12-20(19)17-21)14-8-6-4-3-5-7-13-23/h9-10,17-18H,3-8,11-16,23H2,1-2H3. The molecule has 0 amide bonds. The van der Waals surface area contributed by atoms with Crippen molar-refractivity contribution in [2.75, 3.05) is 26.2 Å². The number of nitrogens with zero attached hydrogens (tertiary/aromatic N) is 1. The van der Waals surface area contributed by atoms with E-state index in [0.717, 1.165) is 38.0 Å². The molecule has 0 spiro atoms. The van der Waals surface area contributed by atoms with Gasteiger partial charge in [-0.3, -0.25) is 4.79 Å². The van der Waals surface area contributed by atoms with Crippen molar-refractivity contribution in [3.05, 3.63) is 34.9 Å². The van der Waals surface area contributed by atoms with Gasteiger partial charge in [-0.15, -0.1) is 0 Å². The monoisotopic (exact) mass is 344 g/mol. The van der Waals surface area contributed by atoms with Crippen molar-refractivity contribution in [1.29, 1.82) is 0 Å². The van der Waals surface area contributed by atoms with Gasteiger partial charge in [0.1, 0.15) is 0 Å². The van der Waals surface area contributed by atoms with Crippen molar-refractivity contribution < 1.29 is 4.79 Å². The Morgan fingerprint density at radius 1 is 1.00 bits per heavy atom. The maximum atomic E-state index is 12.2. The van der Waals surface area contributed by atoms with E-state index in [9.17, 15) is 4.79 Å². The average Bonchev–Trinajstić information content (AvgIpc) is 2.82. The molecule has 0 saturated carbocycles. The Morgan fingerprint density at radius 3 is 2.32 bits per heavy atom. The van der Waals surface area contributed by atoms with Gasteiger partial charge in [0.2, 0.25) is 0 Å². The second kappa shape index (κ2) is 10.7. The summed E-state index contributed by atoms with van der Waals surface area (Å²) in [4.78, 5) is 14.8. The highest BCUT2D eigenvalue weighted by molar-refractivity contribution is 5.97. The number of ketones is 1. The first-order valence-electron chi connectivity index (χ1n) is 10.2. The largest absolute Gasteiger partial charge is 0.330 e. The lowest BCUT2D eigenvalue weighted by Crippen LogP contribution is -2.27. The first-order valence-corrected chi connectivity index (χ1v) is 10.2. The zero-order valence-electron chi connectivity index (χ0n) is 16.2. The summed E-state index contributed by atoms with van der Waals surface area (Å²) >= 11 is 0. The maximum absolute atomic E-state index is 12.2. The number of rotatable bonds is 10. The van der Waals surface area contributed by atoms with Gasteiger partial charge >= 0.3 is 0 Å². The van der Waals surface area contributed by atoms with E-state index in [-0.39, 0.29) is 11.7 Å². The minimum atomic E-state index is 0.0742. The Morgan fingerprint density at radius 2 is 1.64 bits per heavy atom. The highest BCUT2D eigenvalue weighted by Crippen LogP contribution is 2.20. The van der Waals surface area contributed by atoms with Crippen molar-refractivity contribution in [2.45, 2.75) is 65.2 Å². The first kappa shape index (κ1) is 20.1. The molecule has 0 fully saturated rings. The molecular formula is C22H36N2O. The van der Waals surface area contributed by atoms with E-state index in [2.05, 4.69) is 17.0 Å². The van der Waals surface area contributed by atoms with Crippen LogP contribution in [0.4, 0.5) is 0 Å². The lowest BCUT2D eigenvalue weighted by molar-refractivity contribution is 0.0939. The minimum Gasteiger partial charge on any atom is -0.330 e. The molecule has 3 nitrogen and oxygen atoms in total. The molecule has 140 valence electrons. The van der Waals surface area contributed by atoms with Crippen LogP contribution in [0.1, 0.15) is 73.9 Å². The van der Waals surface area contributed by atoms with Crippen LogP contribution in [0, 0.1) is 5.92 Å². The number of fused-ring (bicyclic) bond motifs is 1. The fourth-order valence-electron chi connectivity index (χ4n) is 3.67. The summed E-state index contributed by atoms with van der Waals surface area (Å²) in [5.41, 5.74) is 9.24. The molecule has 0 aromatic heterocycles. The molecule has 0 unspecified atom stereocenters. The van der Waals surface area contributed by atoms with Crippen molar-refractivity contribution >= 4 is 5.78 Å². The van der Waals surface area contributed by atoms with Crippen molar-refractivity contribution in [2.24, 2.45) is 11.7 Å². The third-order valence-electron chi connectivity index (χ3n) is 5.34. The van der Waals surface area contributed by atoms with E-state index in [1.165, 1.54) is 56.2 Å². The van der Waals surface area contributed by atoms with Gasteiger partial charge in [0.25, 0.3) is 0 Å². The quantitative estimate of drug-likeness (QED) is 0.510.